The fourth-order valence-electron chi connectivity index (χ4n) is 2.79. The first-order valence-electron chi connectivity index (χ1n) is 5.44. The Morgan fingerprint density at radius 3 is 2.79 bits per heavy atom. The van der Waals surface area contributed by atoms with Crippen LogP contribution < -0.4 is 0 Å². The van der Waals surface area contributed by atoms with Crippen LogP contribution in [0.15, 0.2) is 11.3 Å². The second-order valence-corrected chi connectivity index (χ2v) is 5.09. The molecule has 0 aromatic rings. The number of allylic oxidation sites excluding steroid dienone is 2. The number of carbonyl (C=O) groups is 1. The molecule has 0 saturated heterocycles. The van der Waals surface area contributed by atoms with Crippen molar-refractivity contribution in [2.45, 2.75) is 52.6 Å². The molecule has 1 aliphatic heterocycles. The third-order valence-corrected chi connectivity index (χ3v) is 3.18. The standard InChI is InChI=1S/C12H18O2/c1-8-7-12(2,3)11-9(13)5-4-6-10(11)14-8/h8H,4-7H2,1-3H3. The van der Waals surface area contributed by atoms with E-state index in [0.29, 0.717) is 12.2 Å². The Labute approximate surface area is 85.3 Å². The highest BCUT2D eigenvalue weighted by molar-refractivity contribution is 5.97. The Morgan fingerprint density at radius 2 is 2.07 bits per heavy atom. The molecule has 1 unspecified atom stereocenters. The number of hydrogen-bond acceptors (Lipinski definition) is 2. The highest BCUT2D eigenvalue weighted by atomic mass is 16.5. The molecule has 0 aromatic heterocycles. The minimum Gasteiger partial charge on any atom is -0.495 e. The second kappa shape index (κ2) is 3.11. The molecular weight excluding hydrogens is 176 g/mol. The maximum Gasteiger partial charge on any atom is 0.162 e. The van der Waals surface area contributed by atoms with Gasteiger partial charge in [-0.05, 0) is 25.2 Å². The Balaban J connectivity index is 2.43. The fraction of sp³-hybridized carbons (Fsp3) is 0.750. The number of ether oxygens (including phenoxy) is 1. The lowest BCUT2D eigenvalue weighted by Crippen LogP contribution is -2.35. The van der Waals surface area contributed by atoms with Gasteiger partial charge >= 0.3 is 0 Å². The molecule has 0 radical (unpaired) electrons. The minimum atomic E-state index is 0.0184. The molecule has 78 valence electrons. The summed E-state index contributed by atoms with van der Waals surface area (Å²) in [6, 6.07) is 0. The summed E-state index contributed by atoms with van der Waals surface area (Å²) < 4.78 is 5.76. The molecule has 1 atom stereocenters. The van der Waals surface area contributed by atoms with E-state index >= 15 is 0 Å². The zero-order chi connectivity index (χ0) is 10.3. The van der Waals surface area contributed by atoms with Crippen LogP contribution in [0.25, 0.3) is 0 Å². The summed E-state index contributed by atoms with van der Waals surface area (Å²) in [6.45, 7) is 6.40. The van der Waals surface area contributed by atoms with Gasteiger partial charge < -0.3 is 4.74 Å². The normalized spacial score (nSPS) is 31.1. The van der Waals surface area contributed by atoms with Gasteiger partial charge in [-0.1, -0.05) is 13.8 Å². The molecule has 0 aromatic carbocycles. The van der Waals surface area contributed by atoms with Crippen molar-refractivity contribution >= 4 is 5.78 Å². The first kappa shape index (κ1) is 9.75. The largest absolute Gasteiger partial charge is 0.495 e. The topological polar surface area (TPSA) is 26.3 Å². The highest BCUT2D eigenvalue weighted by Crippen LogP contribution is 2.43. The van der Waals surface area contributed by atoms with E-state index in [1.165, 1.54) is 0 Å². The van der Waals surface area contributed by atoms with E-state index in [-0.39, 0.29) is 11.5 Å². The molecule has 0 fully saturated rings. The molecule has 1 heterocycles. The Kier molecular flexibility index (Phi) is 2.17. The van der Waals surface area contributed by atoms with Crippen LogP contribution in [0.3, 0.4) is 0 Å². The maximum atomic E-state index is 11.8. The smallest absolute Gasteiger partial charge is 0.162 e. The molecule has 0 bridgehead atoms. The lowest BCUT2D eigenvalue weighted by molar-refractivity contribution is -0.118. The summed E-state index contributed by atoms with van der Waals surface area (Å²) in [5.41, 5.74) is 0.992. The summed E-state index contributed by atoms with van der Waals surface area (Å²) in [4.78, 5) is 11.8. The molecule has 0 amide bonds. The molecule has 2 rings (SSSR count). The summed E-state index contributed by atoms with van der Waals surface area (Å²) in [5.74, 6) is 1.29. The predicted octanol–water partition coefficient (Wildman–Crippen LogP) is 2.83. The minimum absolute atomic E-state index is 0.0184. The van der Waals surface area contributed by atoms with Crippen LogP contribution in [0, 0.1) is 5.41 Å². The van der Waals surface area contributed by atoms with E-state index < -0.39 is 0 Å². The number of ketones is 1. The third kappa shape index (κ3) is 1.47. The number of carbonyl (C=O) groups excluding carboxylic acids is 1. The molecule has 0 saturated carbocycles. The van der Waals surface area contributed by atoms with Gasteiger partial charge in [0, 0.05) is 18.4 Å². The van der Waals surface area contributed by atoms with Crippen LogP contribution >= 0.6 is 0 Å². The fourth-order valence-corrected chi connectivity index (χ4v) is 2.79. The van der Waals surface area contributed by atoms with Crippen LogP contribution in [-0.2, 0) is 9.53 Å². The van der Waals surface area contributed by atoms with E-state index in [2.05, 4.69) is 20.8 Å². The molecule has 0 spiro atoms. The second-order valence-electron chi connectivity index (χ2n) is 5.09. The van der Waals surface area contributed by atoms with Crippen molar-refractivity contribution < 1.29 is 9.53 Å². The van der Waals surface area contributed by atoms with E-state index in [0.717, 1.165) is 30.6 Å². The molecule has 2 nitrogen and oxygen atoms in total. The van der Waals surface area contributed by atoms with Gasteiger partial charge in [0.15, 0.2) is 5.78 Å². The van der Waals surface area contributed by atoms with Crippen molar-refractivity contribution in [1.29, 1.82) is 0 Å². The van der Waals surface area contributed by atoms with Crippen LogP contribution in [-0.4, -0.2) is 11.9 Å². The summed E-state index contributed by atoms with van der Waals surface area (Å²) in [5, 5.41) is 0. The van der Waals surface area contributed by atoms with Crippen molar-refractivity contribution in [1.82, 2.24) is 0 Å². The Hall–Kier alpha value is -0.790. The first-order valence-corrected chi connectivity index (χ1v) is 5.44. The van der Waals surface area contributed by atoms with E-state index in [9.17, 15) is 4.79 Å². The van der Waals surface area contributed by atoms with Crippen LogP contribution in [0.5, 0.6) is 0 Å². The predicted molar refractivity (Wildman–Crippen MR) is 54.8 cm³/mol. The number of hydrogen-bond donors (Lipinski definition) is 0. The van der Waals surface area contributed by atoms with Gasteiger partial charge in [0.2, 0.25) is 0 Å². The SMILES string of the molecule is CC1CC(C)(C)C2=C(CCCC2=O)O1. The molecular formula is C12H18O2. The number of Topliss-reactive ketones (excluding diaryl/α,β-unsaturated/α-hetero) is 1. The summed E-state index contributed by atoms with van der Waals surface area (Å²) in [7, 11) is 0. The average molecular weight is 194 g/mol. The molecule has 14 heavy (non-hydrogen) atoms. The summed E-state index contributed by atoms with van der Waals surface area (Å²) >= 11 is 0. The molecule has 0 N–H and O–H groups in total. The van der Waals surface area contributed by atoms with Gasteiger partial charge in [-0.3, -0.25) is 4.79 Å². The van der Waals surface area contributed by atoms with Crippen LogP contribution in [0.4, 0.5) is 0 Å². The lowest BCUT2D eigenvalue weighted by atomic mass is 9.72. The maximum absolute atomic E-state index is 11.8. The Bertz CT molecular complexity index is 299. The Morgan fingerprint density at radius 1 is 1.36 bits per heavy atom. The van der Waals surface area contributed by atoms with Gasteiger partial charge in [-0.25, -0.2) is 0 Å². The molecule has 2 heteroatoms. The number of rotatable bonds is 0. The zero-order valence-electron chi connectivity index (χ0n) is 9.22. The van der Waals surface area contributed by atoms with Crippen LogP contribution in [0.2, 0.25) is 0 Å². The van der Waals surface area contributed by atoms with E-state index in [1.807, 2.05) is 0 Å². The van der Waals surface area contributed by atoms with Crippen LogP contribution in [0.1, 0.15) is 46.5 Å². The third-order valence-electron chi connectivity index (χ3n) is 3.18. The van der Waals surface area contributed by atoms with Gasteiger partial charge in [0.05, 0.1) is 6.10 Å². The van der Waals surface area contributed by atoms with Gasteiger partial charge in [0.25, 0.3) is 0 Å². The van der Waals surface area contributed by atoms with Gasteiger partial charge in [-0.15, -0.1) is 0 Å². The molecule has 2 aliphatic rings. The highest BCUT2D eigenvalue weighted by Gasteiger charge is 2.39. The monoisotopic (exact) mass is 194 g/mol. The molecule has 1 aliphatic carbocycles. The summed E-state index contributed by atoms with van der Waals surface area (Å²) in [6.07, 6.45) is 3.84. The van der Waals surface area contributed by atoms with Crippen molar-refractivity contribution in [3.63, 3.8) is 0 Å². The van der Waals surface area contributed by atoms with E-state index in [1.54, 1.807) is 0 Å². The quantitative estimate of drug-likeness (QED) is 0.592. The van der Waals surface area contributed by atoms with Crippen molar-refractivity contribution in [2.75, 3.05) is 0 Å². The van der Waals surface area contributed by atoms with E-state index in [4.69, 9.17) is 4.74 Å². The van der Waals surface area contributed by atoms with Gasteiger partial charge in [0.1, 0.15) is 5.76 Å². The van der Waals surface area contributed by atoms with Crippen molar-refractivity contribution in [2.24, 2.45) is 5.41 Å². The van der Waals surface area contributed by atoms with Crippen molar-refractivity contribution in [3.8, 4) is 0 Å². The first-order chi connectivity index (χ1) is 6.50. The lowest BCUT2D eigenvalue weighted by Gasteiger charge is -2.39. The zero-order valence-corrected chi connectivity index (χ0v) is 9.22. The van der Waals surface area contributed by atoms with Crippen molar-refractivity contribution in [3.05, 3.63) is 11.3 Å². The van der Waals surface area contributed by atoms with Gasteiger partial charge in [-0.2, -0.15) is 0 Å². The average Bonchev–Trinajstić information content (AvgIpc) is 2.00.